The molecule has 1 atom stereocenters. The highest BCUT2D eigenvalue weighted by Crippen LogP contribution is 2.37. The summed E-state index contributed by atoms with van der Waals surface area (Å²) in [5.74, 6) is 4.65. The molecule has 14 nitrogen and oxygen atoms in total. The first kappa shape index (κ1) is 24.6. The summed E-state index contributed by atoms with van der Waals surface area (Å²) >= 11 is 0. The van der Waals surface area contributed by atoms with Crippen LogP contribution in [0.3, 0.4) is 0 Å². The van der Waals surface area contributed by atoms with Gasteiger partial charge >= 0.3 is 0 Å². The lowest BCUT2D eigenvalue weighted by molar-refractivity contribution is -0.119. The number of carbonyl (C=O) groups excluding carboxylic acids is 1. The zero-order chi connectivity index (χ0) is 25.5. The number of sulfonamides is 1. The highest BCUT2D eigenvalue weighted by atomic mass is 32.2. The predicted molar refractivity (Wildman–Crippen MR) is 131 cm³/mol. The number of likely N-dealkylation sites (tertiary alicyclic amines) is 1. The van der Waals surface area contributed by atoms with E-state index in [-0.39, 0.29) is 41.9 Å². The van der Waals surface area contributed by atoms with Crippen LogP contribution in [0.1, 0.15) is 5.56 Å². The maximum atomic E-state index is 13.4. The number of amidine groups is 1. The minimum atomic E-state index is -4.46. The van der Waals surface area contributed by atoms with E-state index in [2.05, 4.69) is 15.1 Å². The number of imidazole rings is 1. The average Bonchev–Trinajstić information content (AvgIpc) is 3.14. The van der Waals surface area contributed by atoms with Crippen molar-refractivity contribution in [2.24, 2.45) is 27.6 Å². The number of carbonyl (C=O) groups is 1. The molecular weight excluding hydrogens is 496 g/mol. The first-order valence-corrected chi connectivity index (χ1v) is 12.9. The Morgan fingerprint density at radius 3 is 2.57 bits per heavy atom. The zero-order valence-electron chi connectivity index (χ0n) is 18.3. The number of benzene rings is 2. The van der Waals surface area contributed by atoms with Crippen LogP contribution in [-0.2, 0) is 25.6 Å². The number of amides is 1. The van der Waals surface area contributed by atoms with Crippen LogP contribution < -0.4 is 33.7 Å². The summed E-state index contributed by atoms with van der Waals surface area (Å²) < 4.78 is 39.1. The van der Waals surface area contributed by atoms with E-state index in [1.165, 1.54) is 6.07 Å². The number of hydrogen-bond acceptors (Lipinski definition) is 10. The van der Waals surface area contributed by atoms with Crippen molar-refractivity contribution in [1.29, 1.82) is 0 Å². The van der Waals surface area contributed by atoms with Crippen LogP contribution in [0.4, 0.5) is 5.95 Å². The molecular formula is C19H24N10O4S2. The molecule has 1 aromatic heterocycles. The number of primary sulfonamides is 1. The van der Waals surface area contributed by atoms with E-state index in [0.717, 1.165) is 0 Å². The van der Waals surface area contributed by atoms with Crippen LogP contribution in [0.25, 0.3) is 22.2 Å². The fraction of sp³-hybridized carbons (Fsp3) is 0.211. The fourth-order valence-corrected chi connectivity index (χ4v) is 7.04. The number of hydrogen-bond donors (Lipinski definition) is 7. The van der Waals surface area contributed by atoms with E-state index in [0.29, 0.717) is 22.2 Å². The quantitative estimate of drug-likeness (QED) is 0.0731. The molecule has 186 valence electrons. The van der Waals surface area contributed by atoms with E-state index >= 15 is 0 Å². The molecule has 2 aromatic carbocycles. The SMILES string of the molecule is NN/N=C(\N)c1c(-c2cccc3[nH]c(N)nc23)ccc(S(=O)C2CN(CC(N)=O)C2)c1S(N)(=O)=O. The minimum Gasteiger partial charge on any atom is -0.382 e. The molecule has 12 N–H and O–H groups in total. The second kappa shape index (κ2) is 9.23. The molecule has 1 aliphatic rings. The smallest absolute Gasteiger partial charge is 0.240 e. The largest absolute Gasteiger partial charge is 0.382 e. The van der Waals surface area contributed by atoms with E-state index in [1.807, 2.05) is 5.53 Å². The normalized spacial score (nSPS) is 16.2. The maximum absolute atomic E-state index is 13.4. The zero-order valence-corrected chi connectivity index (χ0v) is 19.9. The van der Waals surface area contributed by atoms with Crippen LogP contribution >= 0.6 is 0 Å². The first-order valence-electron chi connectivity index (χ1n) is 10.2. The van der Waals surface area contributed by atoms with Gasteiger partial charge in [0.2, 0.25) is 15.9 Å². The number of nitrogens with one attached hydrogen (secondary N) is 2. The van der Waals surface area contributed by atoms with Crippen molar-refractivity contribution in [2.45, 2.75) is 15.0 Å². The van der Waals surface area contributed by atoms with E-state index in [1.54, 1.807) is 29.2 Å². The third-order valence-electron chi connectivity index (χ3n) is 5.49. The number of nitrogen functional groups attached to an aromatic ring is 1. The Kier molecular flexibility index (Phi) is 6.48. The Labute approximate surface area is 202 Å². The number of hydrazine groups is 1. The lowest BCUT2D eigenvalue weighted by Gasteiger charge is -2.37. The molecule has 0 bridgehead atoms. The van der Waals surface area contributed by atoms with Gasteiger partial charge in [0.05, 0.1) is 38.5 Å². The average molecular weight is 521 g/mol. The van der Waals surface area contributed by atoms with Crippen LogP contribution in [0.15, 0.2) is 45.2 Å². The molecule has 1 aliphatic heterocycles. The van der Waals surface area contributed by atoms with Crippen molar-refractivity contribution in [2.75, 3.05) is 25.4 Å². The van der Waals surface area contributed by atoms with Crippen molar-refractivity contribution >= 4 is 49.5 Å². The molecule has 1 saturated heterocycles. The molecule has 1 amide bonds. The van der Waals surface area contributed by atoms with Crippen molar-refractivity contribution in [3.05, 3.63) is 35.9 Å². The standard InChI is InChI=1S/C19H24N10O4S2/c20-14(30)8-29-6-9(7-29)34(31)13-5-4-10(11-2-1-3-12-16(11)26-19(22)25-12)15(18(21)27-28-23)17(13)35(24,32)33/h1-5,9,28H,6-8,23H2,(H2,20,30)(H2,21,27)(H3,22,25,26)(H2,24,32,33). The van der Waals surface area contributed by atoms with Crippen molar-refractivity contribution in [1.82, 2.24) is 20.4 Å². The van der Waals surface area contributed by atoms with Gasteiger partial charge in [-0.1, -0.05) is 18.2 Å². The number of fused-ring (bicyclic) bond motifs is 1. The summed E-state index contributed by atoms with van der Waals surface area (Å²) in [7, 11) is -6.27. The molecule has 0 aliphatic carbocycles. The number of H-pyrrole nitrogens is 1. The number of anilines is 1. The highest BCUT2D eigenvalue weighted by molar-refractivity contribution is 7.91. The molecule has 1 unspecified atom stereocenters. The van der Waals surface area contributed by atoms with Gasteiger partial charge in [-0.05, 0) is 17.7 Å². The van der Waals surface area contributed by atoms with Crippen molar-refractivity contribution < 1.29 is 17.4 Å². The fourth-order valence-electron chi connectivity index (χ4n) is 4.06. The van der Waals surface area contributed by atoms with Gasteiger partial charge in [-0.15, -0.1) is 5.10 Å². The second-order valence-electron chi connectivity index (χ2n) is 7.89. The third-order valence-corrected chi connectivity index (χ3v) is 8.29. The topological polar surface area (TPSA) is 255 Å². The third kappa shape index (κ3) is 4.69. The molecule has 0 saturated carbocycles. The second-order valence-corrected chi connectivity index (χ2v) is 11.1. The Bertz CT molecular complexity index is 1480. The lowest BCUT2D eigenvalue weighted by Crippen LogP contribution is -2.55. The highest BCUT2D eigenvalue weighted by Gasteiger charge is 2.37. The maximum Gasteiger partial charge on any atom is 0.240 e. The van der Waals surface area contributed by atoms with Crippen molar-refractivity contribution in [3.63, 3.8) is 0 Å². The van der Waals surface area contributed by atoms with Crippen LogP contribution in [0.2, 0.25) is 0 Å². The summed E-state index contributed by atoms with van der Waals surface area (Å²) in [6.07, 6.45) is 0. The monoisotopic (exact) mass is 520 g/mol. The van der Waals surface area contributed by atoms with E-state index in [4.69, 9.17) is 28.2 Å². The number of nitrogens with zero attached hydrogens (tertiary/aromatic N) is 3. The predicted octanol–water partition coefficient (Wildman–Crippen LogP) is -2.18. The molecule has 2 heterocycles. The van der Waals surface area contributed by atoms with Gasteiger partial charge in [0.15, 0.2) is 11.8 Å². The number of aromatic nitrogens is 2. The molecule has 0 radical (unpaired) electrons. The molecule has 1 fully saturated rings. The molecule has 4 rings (SSSR count). The molecule has 3 aromatic rings. The minimum absolute atomic E-state index is 0.0124. The number of nitrogens with two attached hydrogens (primary N) is 5. The Morgan fingerprint density at radius 2 is 1.94 bits per heavy atom. The van der Waals surface area contributed by atoms with Gasteiger partial charge in [-0.2, -0.15) is 0 Å². The number of aromatic amines is 1. The summed E-state index contributed by atoms with van der Waals surface area (Å²) in [6.45, 7) is 0.589. The number of rotatable bonds is 8. The van der Waals surface area contributed by atoms with Gasteiger partial charge in [-0.3, -0.25) is 13.9 Å². The van der Waals surface area contributed by atoms with Crippen LogP contribution in [0, 0.1) is 0 Å². The van der Waals surface area contributed by atoms with Gasteiger partial charge in [0.25, 0.3) is 0 Å². The van der Waals surface area contributed by atoms with Gasteiger partial charge < -0.3 is 22.2 Å². The Hall–Kier alpha value is -3.57. The summed E-state index contributed by atoms with van der Waals surface area (Å²) in [5.41, 5.74) is 21.0. The summed E-state index contributed by atoms with van der Waals surface area (Å²) in [5, 5.41) is 8.91. The first-order chi connectivity index (χ1) is 16.5. The summed E-state index contributed by atoms with van der Waals surface area (Å²) in [6, 6.07) is 8.15. The lowest BCUT2D eigenvalue weighted by atomic mass is 9.97. The van der Waals surface area contributed by atoms with Gasteiger partial charge in [0, 0.05) is 24.2 Å². The number of para-hydroxylation sites is 1. The molecule has 16 heteroatoms. The molecule has 0 spiro atoms. The van der Waals surface area contributed by atoms with E-state index in [9.17, 15) is 17.4 Å². The van der Waals surface area contributed by atoms with Crippen molar-refractivity contribution in [3.8, 4) is 11.1 Å². The van der Waals surface area contributed by atoms with Crippen LogP contribution in [-0.4, -0.2) is 64.1 Å². The Balaban J connectivity index is 1.93. The molecule has 35 heavy (non-hydrogen) atoms. The Morgan fingerprint density at radius 1 is 1.23 bits per heavy atom. The van der Waals surface area contributed by atoms with Crippen LogP contribution in [0.5, 0.6) is 0 Å². The van der Waals surface area contributed by atoms with Gasteiger partial charge in [0.1, 0.15) is 4.90 Å². The van der Waals surface area contributed by atoms with Gasteiger partial charge in [-0.25, -0.2) is 29.9 Å². The number of primary amides is 1. The summed E-state index contributed by atoms with van der Waals surface area (Å²) in [4.78, 5) is 19.5. The van der Waals surface area contributed by atoms with E-state index < -0.39 is 36.9 Å². The number of hydrazone groups is 1.